The molecule has 0 bridgehead atoms. The van der Waals surface area contributed by atoms with Crippen molar-refractivity contribution in [2.24, 2.45) is 5.92 Å². The summed E-state index contributed by atoms with van der Waals surface area (Å²) in [6.07, 6.45) is 10.9. The second-order valence-electron chi connectivity index (χ2n) is 5.62. The van der Waals surface area contributed by atoms with E-state index < -0.39 is 0 Å². The summed E-state index contributed by atoms with van der Waals surface area (Å²) in [4.78, 5) is 11.6. The zero-order valence-electron chi connectivity index (χ0n) is 10.8. The maximum atomic E-state index is 11.6. The fourth-order valence-electron chi connectivity index (χ4n) is 3.11. The van der Waals surface area contributed by atoms with Crippen LogP contribution in [0.25, 0.3) is 0 Å². The van der Waals surface area contributed by atoms with E-state index in [0.29, 0.717) is 6.04 Å². The molecule has 3 heteroatoms. The highest BCUT2D eigenvalue weighted by Gasteiger charge is 2.16. The highest BCUT2D eigenvalue weighted by molar-refractivity contribution is 5.75. The normalized spacial score (nSPS) is 25.3. The Kier molecular flexibility index (Phi) is 5.30. The van der Waals surface area contributed by atoms with Gasteiger partial charge in [0.05, 0.1) is 0 Å². The lowest BCUT2D eigenvalue weighted by atomic mass is 10.0. The molecule has 0 aromatic rings. The van der Waals surface area contributed by atoms with Crippen molar-refractivity contribution >= 4 is 5.91 Å². The van der Waals surface area contributed by atoms with E-state index in [1.807, 2.05) is 0 Å². The average Bonchev–Trinajstić information content (AvgIpc) is 2.99. The first kappa shape index (κ1) is 12.9. The molecule has 1 aliphatic heterocycles. The molecule has 1 aliphatic carbocycles. The number of nitrogens with one attached hydrogen (secondary N) is 2. The maximum Gasteiger partial charge on any atom is 0.220 e. The first-order valence-electron chi connectivity index (χ1n) is 7.34. The van der Waals surface area contributed by atoms with Crippen molar-refractivity contribution in [2.75, 3.05) is 13.1 Å². The molecular formula is C14H26N2O. The van der Waals surface area contributed by atoms with Crippen molar-refractivity contribution in [2.45, 2.75) is 63.8 Å². The molecule has 0 unspecified atom stereocenters. The molecule has 1 amide bonds. The Morgan fingerprint density at radius 2 is 1.94 bits per heavy atom. The number of hydrogen-bond donors (Lipinski definition) is 2. The molecule has 98 valence electrons. The lowest BCUT2D eigenvalue weighted by Crippen LogP contribution is -2.30. The van der Waals surface area contributed by atoms with Crippen molar-refractivity contribution in [3.05, 3.63) is 0 Å². The van der Waals surface area contributed by atoms with Gasteiger partial charge < -0.3 is 10.6 Å². The van der Waals surface area contributed by atoms with E-state index in [2.05, 4.69) is 10.6 Å². The zero-order chi connectivity index (χ0) is 11.9. The second kappa shape index (κ2) is 7.00. The third-order valence-corrected chi connectivity index (χ3v) is 4.23. The first-order chi connectivity index (χ1) is 8.34. The molecule has 2 aliphatic rings. The van der Waals surface area contributed by atoms with Crippen molar-refractivity contribution in [1.82, 2.24) is 10.6 Å². The lowest BCUT2D eigenvalue weighted by molar-refractivity contribution is -0.121. The van der Waals surface area contributed by atoms with Gasteiger partial charge in [-0.15, -0.1) is 0 Å². The van der Waals surface area contributed by atoms with E-state index in [-0.39, 0.29) is 5.91 Å². The Hall–Kier alpha value is -0.570. The topological polar surface area (TPSA) is 41.1 Å². The molecule has 1 saturated heterocycles. The maximum absolute atomic E-state index is 11.6. The van der Waals surface area contributed by atoms with Crippen LogP contribution in [0.1, 0.15) is 57.8 Å². The summed E-state index contributed by atoms with van der Waals surface area (Å²) in [5.74, 6) is 1.09. The highest BCUT2D eigenvalue weighted by Crippen LogP contribution is 2.28. The second-order valence-corrected chi connectivity index (χ2v) is 5.62. The summed E-state index contributed by atoms with van der Waals surface area (Å²) in [7, 11) is 0. The van der Waals surface area contributed by atoms with Crippen LogP contribution in [0.2, 0.25) is 0 Å². The molecular weight excluding hydrogens is 212 g/mol. The zero-order valence-corrected chi connectivity index (χ0v) is 10.8. The quantitative estimate of drug-likeness (QED) is 0.745. The van der Waals surface area contributed by atoms with Gasteiger partial charge in [0.25, 0.3) is 0 Å². The Morgan fingerprint density at radius 3 is 2.65 bits per heavy atom. The van der Waals surface area contributed by atoms with Gasteiger partial charge in [-0.2, -0.15) is 0 Å². The number of carbonyl (C=O) groups excluding carboxylic acids is 1. The van der Waals surface area contributed by atoms with Gasteiger partial charge in [-0.25, -0.2) is 0 Å². The molecule has 0 spiro atoms. The summed E-state index contributed by atoms with van der Waals surface area (Å²) in [5, 5.41) is 6.51. The molecule has 3 nitrogen and oxygen atoms in total. The van der Waals surface area contributed by atoms with Crippen molar-refractivity contribution < 1.29 is 4.79 Å². The van der Waals surface area contributed by atoms with Gasteiger partial charge in [0, 0.05) is 19.0 Å². The smallest absolute Gasteiger partial charge is 0.220 e. The van der Waals surface area contributed by atoms with Crippen LogP contribution in [-0.4, -0.2) is 25.0 Å². The van der Waals surface area contributed by atoms with Crippen LogP contribution in [-0.2, 0) is 4.79 Å². The van der Waals surface area contributed by atoms with Gasteiger partial charge in [-0.1, -0.05) is 25.7 Å². The third-order valence-electron chi connectivity index (χ3n) is 4.23. The van der Waals surface area contributed by atoms with Crippen LogP contribution in [0, 0.1) is 5.92 Å². The summed E-state index contributed by atoms with van der Waals surface area (Å²) in [5.41, 5.74) is 0. The number of amides is 1. The van der Waals surface area contributed by atoms with Crippen molar-refractivity contribution in [3.63, 3.8) is 0 Å². The summed E-state index contributed by atoms with van der Waals surface area (Å²) < 4.78 is 0. The van der Waals surface area contributed by atoms with Crippen LogP contribution in [0.15, 0.2) is 0 Å². The van der Waals surface area contributed by atoms with Gasteiger partial charge in [0.15, 0.2) is 0 Å². The predicted octanol–water partition coefficient (Wildman–Crippen LogP) is 2.22. The third kappa shape index (κ3) is 4.66. The highest BCUT2D eigenvalue weighted by atomic mass is 16.1. The van der Waals surface area contributed by atoms with E-state index in [4.69, 9.17) is 0 Å². The van der Waals surface area contributed by atoms with Gasteiger partial charge in [-0.05, 0) is 38.1 Å². The van der Waals surface area contributed by atoms with Crippen LogP contribution in [0.3, 0.4) is 0 Å². The minimum atomic E-state index is 0.259. The molecule has 0 aromatic carbocycles. The molecule has 1 atom stereocenters. The molecule has 0 radical (unpaired) electrons. The van der Waals surface area contributed by atoms with Gasteiger partial charge >= 0.3 is 0 Å². The van der Waals surface area contributed by atoms with E-state index in [0.717, 1.165) is 38.3 Å². The van der Waals surface area contributed by atoms with Crippen molar-refractivity contribution in [3.8, 4) is 0 Å². The van der Waals surface area contributed by atoms with Crippen LogP contribution in [0.5, 0.6) is 0 Å². The van der Waals surface area contributed by atoms with Gasteiger partial charge in [0.1, 0.15) is 0 Å². The average molecular weight is 238 g/mol. The molecule has 2 rings (SSSR count). The van der Waals surface area contributed by atoms with Crippen LogP contribution >= 0.6 is 0 Å². The van der Waals surface area contributed by atoms with Crippen LogP contribution < -0.4 is 10.6 Å². The Morgan fingerprint density at radius 1 is 1.12 bits per heavy atom. The fourth-order valence-corrected chi connectivity index (χ4v) is 3.11. The van der Waals surface area contributed by atoms with E-state index in [1.165, 1.54) is 38.5 Å². The molecule has 2 fully saturated rings. The summed E-state index contributed by atoms with van der Waals surface area (Å²) in [6.45, 7) is 2.00. The number of hydrogen-bond acceptors (Lipinski definition) is 2. The molecule has 0 aromatic heterocycles. The predicted molar refractivity (Wildman–Crippen MR) is 69.8 cm³/mol. The Labute approximate surface area is 105 Å². The fraction of sp³-hybridized carbons (Fsp3) is 0.929. The minimum absolute atomic E-state index is 0.259. The Bertz CT molecular complexity index is 230. The molecule has 1 saturated carbocycles. The lowest BCUT2D eigenvalue weighted by Gasteiger charge is -2.12. The molecule has 2 N–H and O–H groups in total. The van der Waals surface area contributed by atoms with Crippen molar-refractivity contribution in [1.29, 1.82) is 0 Å². The standard InChI is InChI=1S/C14H26N2O/c17-14(8-7-12-4-1-2-5-12)16-11-9-13-6-3-10-15-13/h12-13,15H,1-11H2,(H,16,17)/t13-/m0/s1. The minimum Gasteiger partial charge on any atom is -0.356 e. The monoisotopic (exact) mass is 238 g/mol. The van der Waals surface area contributed by atoms with E-state index >= 15 is 0 Å². The van der Waals surface area contributed by atoms with Crippen LogP contribution in [0.4, 0.5) is 0 Å². The van der Waals surface area contributed by atoms with Gasteiger partial charge in [0.2, 0.25) is 5.91 Å². The van der Waals surface area contributed by atoms with E-state index in [9.17, 15) is 4.79 Å². The number of rotatable bonds is 6. The number of carbonyl (C=O) groups is 1. The summed E-state index contributed by atoms with van der Waals surface area (Å²) >= 11 is 0. The molecule has 1 heterocycles. The van der Waals surface area contributed by atoms with E-state index in [1.54, 1.807) is 0 Å². The SMILES string of the molecule is O=C(CCC1CCCC1)NCC[C@@H]1CCCN1. The Balaban J connectivity index is 1.48. The molecule has 17 heavy (non-hydrogen) atoms. The largest absolute Gasteiger partial charge is 0.356 e. The van der Waals surface area contributed by atoms with Gasteiger partial charge in [-0.3, -0.25) is 4.79 Å². The first-order valence-corrected chi connectivity index (χ1v) is 7.34. The summed E-state index contributed by atoms with van der Waals surface area (Å²) in [6, 6.07) is 0.644.